The number of hydrogen-bond acceptors (Lipinski definition) is 1. The molecule has 6 aromatic rings. The van der Waals surface area contributed by atoms with Crippen molar-refractivity contribution in [3.05, 3.63) is 194 Å². The van der Waals surface area contributed by atoms with E-state index >= 15 is 0 Å². The van der Waals surface area contributed by atoms with Crippen LogP contribution in [-0.4, -0.2) is 5.91 Å². The molecule has 0 heterocycles. The Bertz CT molecular complexity index is 1500. The summed E-state index contributed by atoms with van der Waals surface area (Å²) in [6, 6.07) is 61.9. The standard InChI is InChI=1S/C19H14NO.C18H15P.C2H.Au/c21-19(16-10-4-1-5-11-16)20(17-12-6-2-7-13-17)18-14-8-3-9-15-18;1-4-10-16(11-5-1)19(17-12-6-2-7-13-17)18-14-8-3-9-15-18;1-2;/h1-4,6-15H;1-15H;1H;/q-1;;-1;/p+1. The maximum atomic E-state index is 12.9. The largest absolute Gasteiger partial charge is 0.697 e. The minimum atomic E-state index is -0.877. The number of carbonyl (C=O) groups excluding carboxylic acids is 1. The number of rotatable bonds is 6. The Kier molecular flexibility index (Phi) is 13.9. The van der Waals surface area contributed by atoms with Gasteiger partial charge in [-0.1, -0.05) is 96.6 Å². The molecular weight excluding hydrogens is 726 g/mol. The van der Waals surface area contributed by atoms with Crippen molar-refractivity contribution in [2.24, 2.45) is 0 Å². The van der Waals surface area contributed by atoms with Crippen LogP contribution in [0.1, 0.15) is 10.4 Å². The molecule has 0 N–H and O–H groups in total. The molecule has 6 aromatic carbocycles. The fraction of sp³-hybridized carbons (Fsp3) is 0. The number of hydrogen-bond donors (Lipinski definition) is 0. The molecule has 0 aromatic heterocycles. The Hall–Kier alpha value is -4.48. The minimum Gasteiger partial charge on any atom is -0.697 e. The van der Waals surface area contributed by atoms with E-state index in [0.717, 1.165) is 11.4 Å². The smallest absolute Gasteiger partial charge is 0.207 e. The monoisotopic (exact) mass is 757 g/mol. The number of amides is 1. The van der Waals surface area contributed by atoms with E-state index in [4.69, 9.17) is 6.42 Å². The van der Waals surface area contributed by atoms with Crippen molar-refractivity contribution in [1.82, 2.24) is 0 Å². The molecule has 1 amide bonds. The van der Waals surface area contributed by atoms with Gasteiger partial charge in [0, 0.05) is 33.8 Å². The third-order valence-electron chi connectivity index (χ3n) is 6.37. The van der Waals surface area contributed by atoms with E-state index in [2.05, 4.69) is 103 Å². The number of para-hydroxylation sites is 2. The summed E-state index contributed by atoms with van der Waals surface area (Å²) in [6.45, 7) is 0. The van der Waals surface area contributed by atoms with Crippen molar-refractivity contribution in [1.29, 1.82) is 0 Å². The van der Waals surface area contributed by atoms with Crippen molar-refractivity contribution < 1.29 is 27.2 Å². The van der Waals surface area contributed by atoms with E-state index in [-0.39, 0.29) is 28.3 Å². The molecule has 2 nitrogen and oxygen atoms in total. The van der Waals surface area contributed by atoms with Crippen LogP contribution >= 0.6 is 7.92 Å². The first-order chi connectivity index (χ1) is 20.8. The normalized spacial score (nSPS) is 9.65. The third-order valence-corrected chi connectivity index (χ3v) is 9.11. The van der Waals surface area contributed by atoms with Gasteiger partial charge in [0.05, 0.1) is 7.92 Å². The first-order valence-electron chi connectivity index (χ1n) is 13.5. The summed E-state index contributed by atoms with van der Waals surface area (Å²) < 4.78 is 0. The zero-order valence-corrected chi connectivity index (χ0v) is 26.6. The van der Waals surface area contributed by atoms with Crippen LogP contribution in [0.3, 0.4) is 0 Å². The van der Waals surface area contributed by atoms with E-state index in [0.29, 0.717) is 5.56 Å². The van der Waals surface area contributed by atoms with Crippen molar-refractivity contribution in [2.75, 3.05) is 4.90 Å². The second kappa shape index (κ2) is 18.1. The molecule has 215 valence electrons. The Morgan fingerprint density at radius 1 is 0.535 bits per heavy atom. The van der Waals surface area contributed by atoms with Crippen molar-refractivity contribution in [2.45, 2.75) is 0 Å². The molecule has 0 aliphatic heterocycles. The predicted octanol–water partition coefficient (Wildman–Crippen LogP) is 7.85. The summed E-state index contributed by atoms with van der Waals surface area (Å²) in [5.74, 6) is -0.0655. The zero-order chi connectivity index (χ0) is 29.4. The SMILES string of the molecule is O=C(c1c[c-]ccc1)N(c1ccccc1)c1ccccc1.[Au].[C-]#C.c1ccc([PH+](c2ccccc2)c2ccccc2)cc1. The maximum absolute atomic E-state index is 12.9. The van der Waals surface area contributed by atoms with Gasteiger partial charge in [0.1, 0.15) is 15.9 Å². The fourth-order valence-corrected chi connectivity index (χ4v) is 7.08. The van der Waals surface area contributed by atoms with E-state index in [1.807, 2.05) is 66.7 Å². The minimum absolute atomic E-state index is 0. The summed E-state index contributed by atoms with van der Waals surface area (Å²) in [6.07, 6.45) is 9.00. The topological polar surface area (TPSA) is 20.3 Å². The summed E-state index contributed by atoms with van der Waals surface area (Å²) >= 11 is 0. The van der Waals surface area contributed by atoms with Gasteiger partial charge in [0.15, 0.2) is 0 Å². The van der Waals surface area contributed by atoms with E-state index in [9.17, 15) is 4.79 Å². The predicted molar refractivity (Wildman–Crippen MR) is 179 cm³/mol. The van der Waals surface area contributed by atoms with Crippen molar-refractivity contribution in [3.8, 4) is 6.42 Å². The van der Waals surface area contributed by atoms with Crippen LogP contribution in [0.15, 0.2) is 176 Å². The van der Waals surface area contributed by atoms with Gasteiger partial charge in [0.2, 0.25) is 5.91 Å². The second-order valence-electron chi connectivity index (χ2n) is 9.08. The molecule has 0 spiro atoms. The number of benzene rings is 6. The summed E-state index contributed by atoms with van der Waals surface area (Å²) in [5.41, 5.74) is 2.31. The molecule has 0 fully saturated rings. The number of nitrogens with zero attached hydrogens (tertiary/aromatic N) is 1. The van der Waals surface area contributed by atoms with Crippen molar-refractivity contribution in [3.63, 3.8) is 0 Å². The molecule has 1 radical (unpaired) electrons. The maximum Gasteiger partial charge on any atom is 0.207 e. The first-order valence-corrected chi connectivity index (χ1v) is 15.0. The van der Waals surface area contributed by atoms with Gasteiger partial charge in [-0.15, -0.1) is 0 Å². The molecule has 0 aliphatic rings. The van der Waals surface area contributed by atoms with Gasteiger partial charge in [-0.3, -0.25) is 9.69 Å². The summed E-state index contributed by atoms with van der Waals surface area (Å²) in [5, 5.41) is 4.31. The van der Waals surface area contributed by atoms with Crippen molar-refractivity contribution >= 4 is 41.1 Å². The van der Waals surface area contributed by atoms with Gasteiger partial charge in [-0.2, -0.15) is 30.3 Å². The Morgan fingerprint density at radius 2 is 0.884 bits per heavy atom. The average molecular weight is 758 g/mol. The van der Waals surface area contributed by atoms with Crippen LogP contribution < -0.4 is 20.8 Å². The number of carbonyl (C=O) groups is 1. The molecular formula is C39H31AuNOP-. The van der Waals surface area contributed by atoms with Gasteiger partial charge in [-0.25, -0.2) is 0 Å². The number of terminal acetylenes is 1. The molecule has 0 saturated heterocycles. The van der Waals surface area contributed by atoms with Crippen LogP contribution in [0.4, 0.5) is 11.4 Å². The summed E-state index contributed by atoms with van der Waals surface area (Å²) in [4.78, 5) is 14.6. The molecule has 0 bridgehead atoms. The van der Waals surface area contributed by atoms with Crippen LogP contribution in [0.5, 0.6) is 0 Å². The Balaban J connectivity index is 0.000000219. The van der Waals surface area contributed by atoms with E-state index in [1.54, 1.807) is 23.1 Å². The van der Waals surface area contributed by atoms with E-state index in [1.165, 1.54) is 15.9 Å². The third kappa shape index (κ3) is 9.25. The van der Waals surface area contributed by atoms with E-state index < -0.39 is 7.92 Å². The van der Waals surface area contributed by atoms with Gasteiger partial charge < -0.3 is 12.8 Å². The second-order valence-corrected chi connectivity index (χ2v) is 11.6. The molecule has 0 saturated carbocycles. The zero-order valence-electron chi connectivity index (χ0n) is 23.5. The van der Waals surface area contributed by atoms with Crippen LogP contribution in [0, 0.1) is 18.9 Å². The van der Waals surface area contributed by atoms with Crippen LogP contribution in [-0.2, 0) is 22.4 Å². The molecule has 0 unspecified atom stereocenters. The van der Waals surface area contributed by atoms with Crippen LogP contribution in [0.2, 0.25) is 0 Å². The molecule has 4 heteroatoms. The summed E-state index contributed by atoms with van der Waals surface area (Å²) in [7, 11) is -0.877. The molecule has 0 atom stereocenters. The van der Waals surface area contributed by atoms with Crippen LogP contribution in [0.25, 0.3) is 0 Å². The molecule has 0 aliphatic carbocycles. The molecule has 43 heavy (non-hydrogen) atoms. The van der Waals surface area contributed by atoms with Gasteiger partial charge in [-0.05, 0) is 60.7 Å². The fourth-order valence-electron chi connectivity index (χ4n) is 4.51. The number of anilines is 2. The van der Waals surface area contributed by atoms with Gasteiger partial charge >= 0.3 is 0 Å². The molecule has 6 rings (SSSR count). The quantitative estimate of drug-likeness (QED) is 0.0735. The average Bonchev–Trinajstić information content (AvgIpc) is 3.09. The first kappa shape index (κ1) is 33.0. The Labute approximate surface area is 272 Å². The van der Waals surface area contributed by atoms with Gasteiger partial charge in [0.25, 0.3) is 0 Å². The Morgan fingerprint density at radius 3 is 1.21 bits per heavy atom.